The van der Waals surface area contributed by atoms with Crippen LogP contribution < -0.4 is 10.7 Å². The normalized spacial score (nSPS) is 21.0. The average Bonchev–Trinajstić information content (AvgIpc) is 3.88. The molecule has 0 saturated heterocycles. The van der Waals surface area contributed by atoms with Gasteiger partial charge in [0.25, 0.3) is 0 Å². The molecule has 2 unspecified atom stereocenters. The molecular weight excluding hydrogens is 741 g/mol. The fourth-order valence-electron chi connectivity index (χ4n) is 10.4. The molecule has 4 nitrogen and oxygen atoms in total. The summed E-state index contributed by atoms with van der Waals surface area (Å²) in [6, 6.07) is 72.4. The number of hydrogen-bond acceptors (Lipinski definition) is 4. The van der Waals surface area contributed by atoms with Crippen molar-refractivity contribution >= 4 is 22.7 Å². The van der Waals surface area contributed by atoms with E-state index in [0.29, 0.717) is 6.54 Å². The Morgan fingerprint density at radius 1 is 0.607 bits per heavy atom. The van der Waals surface area contributed by atoms with Gasteiger partial charge in [0.05, 0.1) is 11.5 Å². The summed E-state index contributed by atoms with van der Waals surface area (Å²) < 4.78 is 0. The van der Waals surface area contributed by atoms with Crippen molar-refractivity contribution in [1.29, 1.82) is 0 Å². The van der Waals surface area contributed by atoms with E-state index < -0.39 is 10.8 Å². The first kappa shape index (κ1) is 36.8. The van der Waals surface area contributed by atoms with E-state index in [9.17, 15) is 0 Å². The van der Waals surface area contributed by atoms with Crippen molar-refractivity contribution in [3.63, 3.8) is 0 Å². The number of nitrogens with one attached hydrogen (secondary N) is 2. The van der Waals surface area contributed by atoms with Gasteiger partial charge >= 0.3 is 0 Å². The predicted octanol–water partition coefficient (Wildman–Crippen LogP) is 12.3. The van der Waals surface area contributed by atoms with Gasteiger partial charge in [-0.15, -0.1) is 0 Å². The number of allylic oxidation sites excluding steroid dienone is 5. The third kappa shape index (κ3) is 6.05. The van der Waals surface area contributed by atoms with Crippen LogP contribution in [0, 0.1) is 5.41 Å². The molecule has 1 aliphatic heterocycles. The lowest BCUT2D eigenvalue weighted by Crippen LogP contribution is -2.45. The number of rotatable bonds is 9. The molecule has 61 heavy (non-hydrogen) atoms. The third-order valence-electron chi connectivity index (χ3n) is 13.1. The Morgan fingerprint density at radius 2 is 1.18 bits per heavy atom. The SMILES string of the molecule is CC12C=CC=CC1=C1C(=C(c3ccccc3)C2Nc2ccc([C@H]3N=C(c4ccccc4)NN3Cc3ccccc3)cc2)c2ccccc2C1(c1ccccc1)c1ccccc1. The highest BCUT2D eigenvalue weighted by Gasteiger charge is 2.56. The molecule has 3 aliphatic carbocycles. The van der Waals surface area contributed by atoms with Gasteiger partial charge in [0, 0.05) is 23.2 Å². The second-order valence-electron chi connectivity index (χ2n) is 16.6. The Labute approximate surface area is 358 Å². The highest BCUT2D eigenvalue weighted by molar-refractivity contribution is 6.10. The van der Waals surface area contributed by atoms with E-state index in [2.05, 4.69) is 241 Å². The van der Waals surface area contributed by atoms with Crippen LogP contribution >= 0.6 is 0 Å². The van der Waals surface area contributed by atoms with Crippen LogP contribution in [-0.2, 0) is 12.0 Å². The van der Waals surface area contributed by atoms with Crippen molar-refractivity contribution in [3.8, 4) is 0 Å². The Hall–Kier alpha value is -7.27. The van der Waals surface area contributed by atoms with Gasteiger partial charge in [-0.3, -0.25) is 0 Å². The van der Waals surface area contributed by atoms with Gasteiger partial charge in [0.1, 0.15) is 12.0 Å². The number of hydrogen-bond donors (Lipinski definition) is 2. The van der Waals surface area contributed by atoms with E-state index in [1.165, 1.54) is 55.7 Å². The van der Waals surface area contributed by atoms with Crippen LogP contribution in [0.25, 0.3) is 11.1 Å². The third-order valence-corrected chi connectivity index (χ3v) is 13.1. The zero-order valence-corrected chi connectivity index (χ0v) is 34.1. The molecule has 0 amide bonds. The van der Waals surface area contributed by atoms with Gasteiger partial charge in [-0.25, -0.2) is 4.99 Å². The quantitative estimate of drug-likeness (QED) is 0.153. The fraction of sp³-hybridized carbons (Fsp3) is 0.105. The predicted molar refractivity (Wildman–Crippen MR) is 251 cm³/mol. The standard InChI is InChI=1S/C57H46N4/c1-56-38-20-19-33-49(56)52-51(47-31-17-18-32-48(47)57(52,44-27-13-5-14-28-44)45-29-15-6-16-30-45)50(41-23-9-3-10-24-41)53(56)58-46-36-34-43(35-37-46)55-59-54(42-25-11-4-12-26-42)60-61(55)39-40-21-7-2-8-22-40/h2-38,53,55,58H,39H2,1H3,(H,59,60)/t53?,55-,56?/m0/s1. The molecule has 7 aromatic rings. The van der Waals surface area contributed by atoms with Gasteiger partial charge in [0.2, 0.25) is 0 Å². The minimum Gasteiger partial charge on any atom is -0.377 e. The summed E-state index contributed by atoms with van der Waals surface area (Å²) in [5.41, 5.74) is 18.8. The summed E-state index contributed by atoms with van der Waals surface area (Å²) in [7, 11) is 0. The number of fused-ring (bicyclic) bond motifs is 4. The van der Waals surface area contributed by atoms with Gasteiger partial charge in [0.15, 0.2) is 0 Å². The van der Waals surface area contributed by atoms with Gasteiger partial charge in [-0.2, -0.15) is 5.01 Å². The van der Waals surface area contributed by atoms with E-state index in [0.717, 1.165) is 22.6 Å². The summed E-state index contributed by atoms with van der Waals surface area (Å²) in [6.45, 7) is 3.14. The number of aliphatic imine (C=N–C) groups is 1. The Kier molecular flexibility index (Phi) is 9.09. The van der Waals surface area contributed by atoms with Crippen LogP contribution in [0.4, 0.5) is 5.69 Å². The molecule has 0 saturated carbocycles. The molecule has 4 heteroatoms. The average molecular weight is 787 g/mol. The second kappa shape index (κ2) is 15.1. The zero-order valence-electron chi connectivity index (χ0n) is 34.1. The van der Waals surface area contributed by atoms with E-state index in [4.69, 9.17) is 4.99 Å². The molecular formula is C57H46N4. The van der Waals surface area contributed by atoms with Gasteiger partial charge < -0.3 is 10.7 Å². The molecule has 0 aromatic heterocycles. The Morgan fingerprint density at radius 3 is 1.84 bits per heavy atom. The largest absolute Gasteiger partial charge is 0.377 e. The van der Waals surface area contributed by atoms with Crippen molar-refractivity contribution in [2.45, 2.75) is 31.1 Å². The number of amidine groups is 1. The van der Waals surface area contributed by atoms with Crippen LogP contribution in [0.1, 0.15) is 57.6 Å². The van der Waals surface area contributed by atoms with Crippen molar-refractivity contribution in [2.75, 3.05) is 5.32 Å². The summed E-state index contributed by atoms with van der Waals surface area (Å²) in [5.74, 6) is 0.879. The van der Waals surface area contributed by atoms with Gasteiger partial charge in [-0.05, 0) is 80.3 Å². The summed E-state index contributed by atoms with van der Waals surface area (Å²) in [5, 5.41) is 6.42. The zero-order chi connectivity index (χ0) is 40.8. The maximum Gasteiger partial charge on any atom is 0.147 e. The summed E-state index contributed by atoms with van der Waals surface area (Å²) >= 11 is 0. The lowest BCUT2D eigenvalue weighted by molar-refractivity contribution is 0.181. The number of benzene rings is 7. The van der Waals surface area contributed by atoms with Gasteiger partial charge in [-0.1, -0.05) is 212 Å². The monoisotopic (exact) mass is 786 g/mol. The molecule has 0 radical (unpaired) electrons. The lowest BCUT2D eigenvalue weighted by Gasteiger charge is -2.48. The molecule has 2 N–H and O–H groups in total. The topological polar surface area (TPSA) is 39.7 Å². The van der Waals surface area contributed by atoms with Crippen LogP contribution in [-0.4, -0.2) is 16.9 Å². The summed E-state index contributed by atoms with van der Waals surface area (Å²) in [6.07, 6.45) is 9.09. The molecule has 294 valence electrons. The smallest absolute Gasteiger partial charge is 0.147 e. The van der Waals surface area contributed by atoms with Crippen molar-refractivity contribution in [3.05, 3.63) is 280 Å². The minimum absolute atomic E-state index is 0.100. The fourth-order valence-corrected chi connectivity index (χ4v) is 10.4. The van der Waals surface area contributed by atoms with E-state index in [-0.39, 0.29) is 12.2 Å². The van der Waals surface area contributed by atoms with Crippen LogP contribution in [0.2, 0.25) is 0 Å². The number of anilines is 1. The molecule has 3 atom stereocenters. The first-order valence-corrected chi connectivity index (χ1v) is 21.3. The van der Waals surface area contributed by atoms with Crippen molar-refractivity contribution < 1.29 is 0 Å². The first-order chi connectivity index (χ1) is 30.1. The maximum absolute atomic E-state index is 5.27. The highest BCUT2D eigenvalue weighted by atomic mass is 15.6. The summed E-state index contributed by atoms with van der Waals surface area (Å²) in [4.78, 5) is 5.27. The lowest BCUT2D eigenvalue weighted by atomic mass is 9.57. The Bertz CT molecular complexity index is 2840. The highest BCUT2D eigenvalue weighted by Crippen LogP contribution is 2.65. The van der Waals surface area contributed by atoms with Crippen molar-refractivity contribution in [2.24, 2.45) is 10.4 Å². The molecule has 0 bridgehead atoms. The Balaban J connectivity index is 1.07. The molecule has 0 spiro atoms. The molecule has 7 aromatic carbocycles. The molecule has 4 aliphatic rings. The van der Waals surface area contributed by atoms with Crippen molar-refractivity contribution in [1.82, 2.24) is 10.4 Å². The maximum atomic E-state index is 5.27. The second-order valence-corrected chi connectivity index (χ2v) is 16.6. The molecule has 11 rings (SSSR count). The van der Waals surface area contributed by atoms with E-state index in [1.807, 2.05) is 6.07 Å². The minimum atomic E-state index is -0.534. The molecule has 0 fully saturated rings. The van der Waals surface area contributed by atoms with Crippen LogP contribution in [0.3, 0.4) is 0 Å². The van der Waals surface area contributed by atoms with E-state index >= 15 is 0 Å². The number of nitrogens with zero attached hydrogens (tertiary/aromatic N) is 2. The molecule has 1 heterocycles. The number of hydrazine groups is 1. The first-order valence-electron chi connectivity index (χ1n) is 21.3. The van der Waals surface area contributed by atoms with Crippen LogP contribution in [0.5, 0.6) is 0 Å². The van der Waals surface area contributed by atoms with Crippen LogP contribution in [0.15, 0.2) is 241 Å². The van der Waals surface area contributed by atoms with E-state index in [1.54, 1.807) is 0 Å².